The molecule has 3 heteroatoms. The second kappa shape index (κ2) is 6.27. The molecule has 0 radical (unpaired) electrons. The minimum absolute atomic E-state index is 0.191. The van der Waals surface area contributed by atoms with Crippen molar-refractivity contribution >= 4 is 5.78 Å². The number of halogens is 1. The summed E-state index contributed by atoms with van der Waals surface area (Å²) in [4.78, 5) is 14.7. The Hall–Kier alpha value is -1.22. The molecule has 21 heavy (non-hydrogen) atoms. The predicted octanol–water partition coefficient (Wildman–Crippen LogP) is 3.86. The molecule has 1 heterocycles. The molecule has 1 aliphatic rings. The summed E-state index contributed by atoms with van der Waals surface area (Å²) in [6.45, 7) is 6.95. The monoisotopic (exact) mass is 291 g/mol. The van der Waals surface area contributed by atoms with Gasteiger partial charge in [0.15, 0.2) is 0 Å². The first-order valence-electron chi connectivity index (χ1n) is 7.79. The number of Topliss-reactive ketones (excluding diaryl/α,β-unsaturated/α-hetero) is 1. The first-order chi connectivity index (χ1) is 9.81. The van der Waals surface area contributed by atoms with Gasteiger partial charge in [-0.2, -0.15) is 0 Å². The van der Waals surface area contributed by atoms with E-state index in [4.69, 9.17) is 0 Å². The van der Waals surface area contributed by atoms with Crippen LogP contribution in [0.15, 0.2) is 18.2 Å². The van der Waals surface area contributed by atoms with E-state index >= 15 is 0 Å². The summed E-state index contributed by atoms with van der Waals surface area (Å²) in [6.07, 6.45) is 3.39. The fourth-order valence-electron chi connectivity index (χ4n) is 3.50. The van der Waals surface area contributed by atoms with E-state index in [-0.39, 0.29) is 17.0 Å². The molecule has 116 valence electrons. The van der Waals surface area contributed by atoms with E-state index in [9.17, 15) is 9.18 Å². The summed E-state index contributed by atoms with van der Waals surface area (Å²) < 4.78 is 13.7. The number of hydrogen-bond donors (Lipinski definition) is 0. The van der Waals surface area contributed by atoms with Crippen molar-refractivity contribution in [1.82, 2.24) is 4.90 Å². The summed E-state index contributed by atoms with van der Waals surface area (Å²) >= 11 is 0. The fraction of sp³-hybridized carbons (Fsp3) is 0.611. The Morgan fingerprint density at radius 2 is 2.14 bits per heavy atom. The third kappa shape index (κ3) is 3.70. The summed E-state index contributed by atoms with van der Waals surface area (Å²) in [6, 6.07) is 5.54. The molecule has 0 spiro atoms. The van der Waals surface area contributed by atoms with E-state index in [0.29, 0.717) is 24.4 Å². The lowest BCUT2D eigenvalue weighted by Crippen LogP contribution is -2.30. The van der Waals surface area contributed by atoms with Crippen LogP contribution in [0.2, 0.25) is 0 Å². The number of carbonyl (C=O) groups excluding carboxylic acids is 1. The van der Waals surface area contributed by atoms with Gasteiger partial charge in [-0.3, -0.25) is 4.79 Å². The second-order valence-corrected chi connectivity index (χ2v) is 6.99. The van der Waals surface area contributed by atoms with Crippen LogP contribution in [0.3, 0.4) is 0 Å². The van der Waals surface area contributed by atoms with E-state index in [2.05, 4.69) is 11.9 Å². The Bertz CT molecular complexity index is 524. The zero-order chi connectivity index (χ0) is 15.6. The molecule has 1 saturated heterocycles. The van der Waals surface area contributed by atoms with Gasteiger partial charge in [-0.05, 0) is 56.0 Å². The molecule has 1 atom stereocenters. The van der Waals surface area contributed by atoms with E-state index in [1.807, 2.05) is 19.9 Å². The summed E-state index contributed by atoms with van der Waals surface area (Å²) in [5.74, 6) is 0.0889. The van der Waals surface area contributed by atoms with Crippen LogP contribution < -0.4 is 0 Å². The third-order valence-electron chi connectivity index (χ3n) is 4.77. The van der Waals surface area contributed by atoms with Crippen molar-refractivity contribution in [3.63, 3.8) is 0 Å². The first kappa shape index (κ1) is 16.2. The highest BCUT2D eigenvalue weighted by atomic mass is 19.1. The van der Waals surface area contributed by atoms with Crippen LogP contribution in [-0.2, 0) is 10.2 Å². The maximum Gasteiger partial charge on any atom is 0.135 e. The number of hydrogen-bond acceptors (Lipinski definition) is 2. The smallest absolute Gasteiger partial charge is 0.135 e. The number of ketones is 1. The minimum atomic E-state index is -0.319. The summed E-state index contributed by atoms with van der Waals surface area (Å²) in [5, 5.41) is 0. The van der Waals surface area contributed by atoms with Gasteiger partial charge in [0, 0.05) is 18.9 Å². The molecule has 0 unspecified atom stereocenters. The van der Waals surface area contributed by atoms with Crippen molar-refractivity contribution in [3.8, 4) is 0 Å². The average molecular weight is 291 g/mol. The molecule has 0 N–H and O–H groups in total. The predicted molar refractivity (Wildman–Crippen MR) is 84.1 cm³/mol. The molecule has 0 aliphatic carbocycles. The molecule has 2 nitrogen and oxygen atoms in total. The standard InChI is InChI=1S/C18H26FNO/c1-13-16(8-5-9-17(13)19)18(2,3)12-15(21)11-14-7-6-10-20(14)4/h5,8-9,14H,6-7,10-12H2,1-4H3/t14-/m1/s1. The normalized spacial score (nSPS) is 20.0. The van der Waals surface area contributed by atoms with Crippen LogP contribution in [0.5, 0.6) is 0 Å². The molecule has 1 aromatic carbocycles. The largest absolute Gasteiger partial charge is 0.303 e. The van der Waals surface area contributed by atoms with Gasteiger partial charge in [0.1, 0.15) is 11.6 Å². The van der Waals surface area contributed by atoms with Gasteiger partial charge in [0.2, 0.25) is 0 Å². The first-order valence-corrected chi connectivity index (χ1v) is 7.79. The lowest BCUT2D eigenvalue weighted by atomic mass is 9.77. The lowest BCUT2D eigenvalue weighted by molar-refractivity contribution is -0.121. The number of benzene rings is 1. The minimum Gasteiger partial charge on any atom is -0.303 e. The SMILES string of the molecule is Cc1c(F)cccc1C(C)(C)CC(=O)C[C@H]1CCCN1C. The molecule has 0 aromatic heterocycles. The molecule has 1 aromatic rings. The van der Waals surface area contributed by atoms with Crippen molar-refractivity contribution < 1.29 is 9.18 Å². The van der Waals surface area contributed by atoms with Gasteiger partial charge in [0.25, 0.3) is 0 Å². The van der Waals surface area contributed by atoms with Crippen LogP contribution in [0.4, 0.5) is 4.39 Å². The van der Waals surface area contributed by atoms with E-state index in [1.54, 1.807) is 13.0 Å². The quantitative estimate of drug-likeness (QED) is 0.821. The van der Waals surface area contributed by atoms with Gasteiger partial charge in [-0.15, -0.1) is 0 Å². The maximum absolute atomic E-state index is 13.7. The third-order valence-corrected chi connectivity index (χ3v) is 4.77. The Balaban J connectivity index is 2.06. The zero-order valence-corrected chi connectivity index (χ0v) is 13.6. The Kier molecular flexibility index (Phi) is 4.82. The van der Waals surface area contributed by atoms with Gasteiger partial charge in [-0.25, -0.2) is 4.39 Å². The highest BCUT2D eigenvalue weighted by molar-refractivity contribution is 5.80. The second-order valence-electron chi connectivity index (χ2n) is 6.99. The Morgan fingerprint density at radius 3 is 2.76 bits per heavy atom. The highest BCUT2D eigenvalue weighted by Crippen LogP contribution is 2.32. The van der Waals surface area contributed by atoms with Gasteiger partial charge >= 0.3 is 0 Å². The van der Waals surface area contributed by atoms with E-state index < -0.39 is 0 Å². The number of nitrogens with zero attached hydrogens (tertiary/aromatic N) is 1. The molecule has 1 fully saturated rings. The van der Waals surface area contributed by atoms with Crippen LogP contribution >= 0.6 is 0 Å². The van der Waals surface area contributed by atoms with Crippen molar-refractivity contribution in [2.24, 2.45) is 0 Å². The van der Waals surface area contributed by atoms with Gasteiger partial charge in [0.05, 0.1) is 0 Å². The average Bonchev–Trinajstić information content (AvgIpc) is 2.77. The molecule has 0 saturated carbocycles. The number of carbonyl (C=O) groups is 1. The molecular weight excluding hydrogens is 265 g/mol. The van der Waals surface area contributed by atoms with Gasteiger partial charge < -0.3 is 4.90 Å². The fourth-order valence-corrected chi connectivity index (χ4v) is 3.50. The Morgan fingerprint density at radius 1 is 1.43 bits per heavy atom. The summed E-state index contributed by atoms with van der Waals surface area (Å²) in [5.41, 5.74) is 1.28. The van der Waals surface area contributed by atoms with Crippen molar-refractivity contribution in [2.75, 3.05) is 13.6 Å². The highest BCUT2D eigenvalue weighted by Gasteiger charge is 2.29. The van der Waals surface area contributed by atoms with Crippen molar-refractivity contribution in [3.05, 3.63) is 35.1 Å². The zero-order valence-electron chi connectivity index (χ0n) is 13.6. The molecular formula is C18H26FNO. The van der Waals surface area contributed by atoms with Gasteiger partial charge in [-0.1, -0.05) is 26.0 Å². The topological polar surface area (TPSA) is 20.3 Å². The molecule has 1 aliphatic heterocycles. The molecule has 0 amide bonds. The van der Waals surface area contributed by atoms with E-state index in [0.717, 1.165) is 18.5 Å². The lowest BCUT2D eigenvalue weighted by Gasteiger charge is -2.28. The molecule has 2 rings (SSSR count). The Labute approximate surface area is 127 Å². The summed E-state index contributed by atoms with van der Waals surface area (Å²) in [7, 11) is 2.09. The number of likely N-dealkylation sites (tertiary alicyclic amines) is 1. The molecule has 0 bridgehead atoms. The van der Waals surface area contributed by atoms with Crippen LogP contribution in [0.25, 0.3) is 0 Å². The van der Waals surface area contributed by atoms with E-state index in [1.165, 1.54) is 12.5 Å². The van der Waals surface area contributed by atoms with Crippen molar-refractivity contribution in [2.45, 2.75) is 57.9 Å². The van der Waals surface area contributed by atoms with Crippen LogP contribution in [-0.4, -0.2) is 30.3 Å². The van der Waals surface area contributed by atoms with Crippen LogP contribution in [0, 0.1) is 12.7 Å². The number of rotatable bonds is 5. The van der Waals surface area contributed by atoms with Crippen molar-refractivity contribution in [1.29, 1.82) is 0 Å². The maximum atomic E-state index is 13.7. The van der Waals surface area contributed by atoms with Crippen LogP contribution in [0.1, 0.15) is 50.7 Å².